The molecule has 2 heterocycles. The molecule has 2 rings (SSSR count). The summed E-state index contributed by atoms with van der Waals surface area (Å²) in [5, 5.41) is 121. The monoisotopic (exact) mass is 488 g/mol. The summed E-state index contributed by atoms with van der Waals surface area (Å²) in [7, 11) is 0. The van der Waals surface area contributed by atoms with E-state index in [4.69, 9.17) is 9.47 Å². The molecule has 2 aliphatic heterocycles. The first-order valence-electron chi connectivity index (χ1n) is 10.2. The summed E-state index contributed by atoms with van der Waals surface area (Å²) in [5.41, 5.74) is -3.09. The molecule has 14 atom stereocenters. The molecule has 33 heavy (non-hydrogen) atoms. The summed E-state index contributed by atoms with van der Waals surface area (Å²) >= 11 is 0. The van der Waals surface area contributed by atoms with E-state index in [1.807, 2.05) is 0 Å². The summed E-state index contributed by atoms with van der Waals surface area (Å²) in [5.74, 6) is -1.54. The Bertz CT molecular complexity index is 661. The van der Waals surface area contributed by atoms with E-state index in [9.17, 15) is 66.1 Å². The highest BCUT2D eigenvalue weighted by molar-refractivity contribution is 5.88. The first-order chi connectivity index (χ1) is 15.2. The van der Waals surface area contributed by atoms with Crippen LogP contribution in [0, 0.1) is 0 Å². The molecule has 194 valence electrons. The van der Waals surface area contributed by atoms with Crippen LogP contribution in [0.5, 0.6) is 0 Å². The van der Waals surface area contributed by atoms with Crippen LogP contribution in [0.2, 0.25) is 0 Å². The van der Waals surface area contributed by atoms with Crippen molar-refractivity contribution < 1.29 is 75.5 Å². The fourth-order valence-electron chi connectivity index (χ4n) is 4.05. The zero-order valence-corrected chi connectivity index (χ0v) is 17.5. The Hall–Kier alpha value is -0.890. The van der Waals surface area contributed by atoms with Crippen molar-refractivity contribution >= 4 is 5.78 Å². The van der Waals surface area contributed by atoms with Crippen LogP contribution >= 0.6 is 0 Å². The molecular weight excluding hydrogens is 456 g/mol. The Morgan fingerprint density at radius 3 is 1.85 bits per heavy atom. The van der Waals surface area contributed by atoms with E-state index in [-0.39, 0.29) is 0 Å². The molecule has 15 heteroatoms. The fraction of sp³-hybridized carbons (Fsp3) is 0.944. The van der Waals surface area contributed by atoms with Gasteiger partial charge in [-0.25, -0.2) is 0 Å². The molecule has 0 aromatic heterocycles. The van der Waals surface area contributed by atoms with Crippen molar-refractivity contribution in [1.82, 2.24) is 0 Å². The third-order valence-corrected chi connectivity index (χ3v) is 6.18. The van der Waals surface area contributed by atoms with Gasteiger partial charge in [0.05, 0.1) is 19.3 Å². The van der Waals surface area contributed by atoms with Crippen molar-refractivity contribution in [3.8, 4) is 0 Å². The van der Waals surface area contributed by atoms with Crippen LogP contribution < -0.4 is 0 Å². The standard InChI is InChI=1S/C18H32O15/c1-4(21)7(22)9(24)11(26)12(27)14-16(30)18(31,15(29)6(3-20)32-14)17-13(28)10(25)8(23)5(2-19)33-17/h4-11,13-17,19-26,28-31H,2-3H2,1H3/t4-,5+,6+,7-,8-,9+,10-,11+,13+,14?,15+,16-,17?,18-/m0/s1. The molecule has 2 saturated heterocycles. The number of hydrogen-bond donors (Lipinski definition) is 12. The van der Waals surface area contributed by atoms with Crippen molar-refractivity contribution in [2.24, 2.45) is 0 Å². The molecule has 12 N–H and O–H groups in total. The minimum Gasteiger partial charge on any atom is -0.394 e. The predicted octanol–water partition coefficient (Wildman–Crippen LogP) is -7.93. The smallest absolute Gasteiger partial charge is 0.195 e. The molecule has 15 nitrogen and oxygen atoms in total. The molecule has 0 aromatic rings. The van der Waals surface area contributed by atoms with E-state index >= 15 is 0 Å². The van der Waals surface area contributed by atoms with E-state index < -0.39 is 104 Å². The number of hydrogen-bond acceptors (Lipinski definition) is 15. The number of carbonyl (C=O) groups excluding carboxylic acids is 1. The lowest BCUT2D eigenvalue weighted by Crippen LogP contribution is -2.78. The van der Waals surface area contributed by atoms with E-state index in [0.29, 0.717) is 0 Å². The summed E-state index contributed by atoms with van der Waals surface area (Å²) < 4.78 is 10.3. The highest BCUT2D eigenvalue weighted by Crippen LogP contribution is 2.39. The van der Waals surface area contributed by atoms with Gasteiger partial charge in [0.1, 0.15) is 73.2 Å². The van der Waals surface area contributed by atoms with E-state index in [1.54, 1.807) is 0 Å². The number of Topliss-reactive ketones (excluding diaryl/α,β-unsaturated/α-hetero) is 1. The largest absolute Gasteiger partial charge is 0.394 e. The normalized spacial score (nSPS) is 45.8. The number of carbonyl (C=O) groups is 1. The van der Waals surface area contributed by atoms with Crippen LogP contribution in [0.15, 0.2) is 0 Å². The second-order valence-corrected chi connectivity index (χ2v) is 8.37. The minimum atomic E-state index is -3.09. The van der Waals surface area contributed by atoms with Gasteiger partial charge in [0, 0.05) is 0 Å². The SMILES string of the molecule is C[C@H](O)[C@H](O)[C@@H](O)[C@@H](O)C(=O)C1O[C@H](CO)[C@@H](O)[C@@](O)(C2O[C@H](CO)[C@H](O)[C@H](O)[C@H]2O)[C@H]1O. The van der Waals surface area contributed by atoms with Crippen LogP contribution in [-0.4, -0.2) is 165 Å². The number of ether oxygens (including phenoxy) is 2. The van der Waals surface area contributed by atoms with Crippen LogP contribution in [0.25, 0.3) is 0 Å². The molecule has 0 amide bonds. The van der Waals surface area contributed by atoms with Gasteiger partial charge in [-0.1, -0.05) is 0 Å². The second-order valence-electron chi connectivity index (χ2n) is 8.37. The molecule has 2 unspecified atom stereocenters. The third-order valence-electron chi connectivity index (χ3n) is 6.18. The highest BCUT2D eigenvalue weighted by atomic mass is 16.6. The summed E-state index contributed by atoms with van der Waals surface area (Å²) in [4.78, 5) is 12.7. The fourth-order valence-corrected chi connectivity index (χ4v) is 4.05. The van der Waals surface area contributed by atoms with E-state index in [1.165, 1.54) is 0 Å². The maximum atomic E-state index is 12.7. The second kappa shape index (κ2) is 10.8. The Labute approximate surface area is 187 Å². The topological polar surface area (TPSA) is 278 Å². The quantitative estimate of drug-likeness (QED) is 0.151. The Morgan fingerprint density at radius 1 is 0.818 bits per heavy atom. The van der Waals surface area contributed by atoms with Gasteiger partial charge in [0.15, 0.2) is 11.4 Å². The lowest BCUT2D eigenvalue weighted by atomic mass is 9.72. The number of aliphatic hydroxyl groups is 12. The molecule has 0 saturated carbocycles. The van der Waals surface area contributed by atoms with Crippen LogP contribution in [0.4, 0.5) is 0 Å². The van der Waals surface area contributed by atoms with Gasteiger partial charge in [0.2, 0.25) is 0 Å². The van der Waals surface area contributed by atoms with Crippen molar-refractivity contribution in [2.45, 2.75) is 91.9 Å². The first kappa shape index (κ1) is 28.3. The zero-order chi connectivity index (χ0) is 25.4. The van der Waals surface area contributed by atoms with Crippen molar-refractivity contribution in [1.29, 1.82) is 0 Å². The Kier molecular flexibility index (Phi) is 9.28. The summed E-state index contributed by atoms with van der Waals surface area (Å²) in [6, 6.07) is 0. The Morgan fingerprint density at radius 2 is 1.36 bits per heavy atom. The van der Waals surface area contributed by atoms with Crippen molar-refractivity contribution in [2.75, 3.05) is 13.2 Å². The van der Waals surface area contributed by atoms with E-state index in [0.717, 1.165) is 6.92 Å². The van der Waals surface area contributed by atoms with Crippen molar-refractivity contribution in [3.63, 3.8) is 0 Å². The molecule has 2 fully saturated rings. The molecule has 0 radical (unpaired) electrons. The summed E-state index contributed by atoms with van der Waals surface area (Å²) in [6.07, 6.45) is -27.1. The maximum Gasteiger partial charge on any atom is 0.195 e. The van der Waals surface area contributed by atoms with Crippen LogP contribution in [0.1, 0.15) is 6.92 Å². The molecule has 0 bridgehead atoms. The van der Waals surface area contributed by atoms with Gasteiger partial charge in [-0.3, -0.25) is 4.79 Å². The van der Waals surface area contributed by atoms with Crippen LogP contribution in [-0.2, 0) is 14.3 Å². The maximum absolute atomic E-state index is 12.7. The Balaban J connectivity index is 2.43. The number of rotatable bonds is 8. The molecular formula is C18H32O15. The number of aliphatic hydroxyl groups excluding tert-OH is 11. The lowest BCUT2D eigenvalue weighted by molar-refractivity contribution is -0.341. The lowest BCUT2D eigenvalue weighted by Gasteiger charge is -2.54. The first-order valence-corrected chi connectivity index (χ1v) is 10.2. The van der Waals surface area contributed by atoms with E-state index in [2.05, 4.69) is 0 Å². The van der Waals surface area contributed by atoms with Crippen molar-refractivity contribution in [3.05, 3.63) is 0 Å². The molecule has 2 aliphatic rings. The number of ketones is 1. The van der Waals surface area contributed by atoms with Crippen LogP contribution in [0.3, 0.4) is 0 Å². The zero-order valence-electron chi connectivity index (χ0n) is 17.5. The molecule has 0 aromatic carbocycles. The predicted molar refractivity (Wildman–Crippen MR) is 101 cm³/mol. The van der Waals surface area contributed by atoms with Gasteiger partial charge < -0.3 is 70.8 Å². The van der Waals surface area contributed by atoms with Gasteiger partial charge in [-0.2, -0.15) is 0 Å². The average molecular weight is 488 g/mol. The molecule has 0 aliphatic carbocycles. The van der Waals surface area contributed by atoms with Gasteiger partial charge in [-0.15, -0.1) is 0 Å². The van der Waals surface area contributed by atoms with Gasteiger partial charge in [-0.05, 0) is 6.92 Å². The highest BCUT2D eigenvalue weighted by Gasteiger charge is 2.65. The summed E-state index contributed by atoms with van der Waals surface area (Å²) in [6.45, 7) is -0.937. The average Bonchev–Trinajstić information content (AvgIpc) is 2.79. The minimum absolute atomic E-state index is 0.922. The van der Waals surface area contributed by atoms with Gasteiger partial charge >= 0.3 is 0 Å². The third kappa shape index (κ3) is 4.93. The van der Waals surface area contributed by atoms with Gasteiger partial charge in [0.25, 0.3) is 0 Å². The molecule has 0 spiro atoms.